The molecule has 2 N–H and O–H groups in total. The minimum absolute atomic E-state index is 0. The number of hydrogen-bond acceptors (Lipinski definition) is 1. The second-order valence-electron chi connectivity index (χ2n) is 0.283. The van der Waals surface area contributed by atoms with E-state index in [2.05, 4.69) is 0 Å². The SMILES string of the molecule is O=[Si](O)O.[Co].[H-].[K+]. The van der Waals surface area contributed by atoms with Gasteiger partial charge in [0.05, 0.1) is 0 Å². The van der Waals surface area contributed by atoms with Crippen molar-refractivity contribution in [2.45, 2.75) is 0 Å². The maximum absolute atomic E-state index is 8.74. The van der Waals surface area contributed by atoms with Gasteiger partial charge in [0, 0.05) is 16.8 Å². The molecule has 0 rings (SSSR count). The fourth-order valence-electron chi connectivity index (χ4n) is 0. The summed E-state index contributed by atoms with van der Waals surface area (Å²) < 4.78 is 8.74. The Balaban J connectivity index is -0.0000000150. The molecule has 0 spiro atoms. The Morgan fingerprint density at radius 1 is 1.50 bits per heavy atom. The summed E-state index contributed by atoms with van der Waals surface area (Å²) in [4.78, 5) is 14.3. The first-order valence-corrected chi connectivity index (χ1v) is 1.95. The fraction of sp³-hybridized carbons (Fsp3) is 0. The van der Waals surface area contributed by atoms with Gasteiger partial charge in [-0.3, -0.25) is 4.46 Å². The van der Waals surface area contributed by atoms with E-state index < -0.39 is 9.17 Å². The van der Waals surface area contributed by atoms with Crippen molar-refractivity contribution in [2.75, 3.05) is 0 Å². The Hall–Kier alpha value is 1.76. The summed E-state index contributed by atoms with van der Waals surface area (Å²) in [7, 11) is -3.13. The third-order valence-electron chi connectivity index (χ3n) is 0. The first-order valence-electron chi connectivity index (χ1n) is 0.651. The number of rotatable bonds is 0. The molecule has 0 aromatic rings. The summed E-state index contributed by atoms with van der Waals surface area (Å²) in [5.74, 6) is 0. The standard InChI is InChI=1S/Co.K.H2O3Si.H/c;;1-4(2)3;/h;;1-2H;/q;+1;;-1. The van der Waals surface area contributed by atoms with Gasteiger partial charge in [0.15, 0.2) is 0 Å². The van der Waals surface area contributed by atoms with Crippen LogP contribution in [0.2, 0.25) is 0 Å². The summed E-state index contributed by atoms with van der Waals surface area (Å²) >= 11 is 0. The van der Waals surface area contributed by atoms with Crippen LogP contribution in [0.5, 0.6) is 0 Å². The van der Waals surface area contributed by atoms with E-state index in [0.717, 1.165) is 0 Å². The zero-order valence-corrected chi connectivity index (χ0v) is 8.30. The molecule has 0 unspecified atom stereocenters. The summed E-state index contributed by atoms with van der Waals surface area (Å²) in [5, 5.41) is 0. The van der Waals surface area contributed by atoms with Crippen molar-refractivity contribution in [3.63, 3.8) is 0 Å². The smallest absolute Gasteiger partial charge is 1.00 e. The predicted molar refractivity (Wildman–Crippen MR) is 12.0 cm³/mol. The molecule has 0 aliphatic heterocycles. The molecule has 35 valence electrons. The first kappa shape index (κ1) is 15.7. The molecule has 0 saturated heterocycles. The van der Waals surface area contributed by atoms with Crippen molar-refractivity contribution in [3.8, 4) is 0 Å². The van der Waals surface area contributed by atoms with E-state index in [1.807, 2.05) is 0 Å². The van der Waals surface area contributed by atoms with Crippen LogP contribution in [0.1, 0.15) is 1.43 Å². The van der Waals surface area contributed by atoms with Gasteiger partial charge in [-0.25, -0.2) is 0 Å². The minimum Gasteiger partial charge on any atom is -1.00 e. The van der Waals surface area contributed by atoms with Crippen molar-refractivity contribution in [2.24, 2.45) is 0 Å². The third kappa shape index (κ3) is 42.1. The van der Waals surface area contributed by atoms with Gasteiger partial charge in [0.25, 0.3) is 0 Å². The Kier molecular flexibility index (Phi) is 25.8. The van der Waals surface area contributed by atoms with Crippen molar-refractivity contribution >= 4 is 9.17 Å². The Morgan fingerprint density at radius 3 is 1.50 bits per heavy atom. The molecule has 1 radical (unpaired) electrons. The van der Waals surface area contributed by atoms with E-state index in [1.54, 1.807) is 0 Å². The second-order valence-corrected chi connectivity index (χ2v) is 0.848. The zero-order valence-electron chi connectivity index (χ0n) is 4.14. The summed E-state index contributed by atoms with van der Waals surface area (Å²) in [6, 6.07) is 0. The minimum atomic E-state index is -3.13. The van der Waals surface area contributed by atoms with Crippen LogP contribution in [0.3, 0.4) is 0 Å². The summed E-state index contributed by atoms with van der Waals surface area (Å²) in [6.07, 6.45) is 0. The van der Waals surface area contributed by atoms with Gasteiger partial charge >= 0.3 is 60.6 Å². The number of hydrogen-bond donors (Lipinski definition) is 2. The molecule has 0 aromatic carbocycles. The van der Waals surface area contributed by atoms with Crippen molar-refractivity contribution < 1.29 is 83.6 Å². The molecule has 0 atom stereocenters. The molecule has 6 heavy (non-hydrogen) atoms. The second kappa shape index (κ2) is 9.90. The maximum Gasteiger partial charge on any atom is 1.00 e. The topological polar surface area (TPSA) is 57.5 Å². The zero-order chi connectivity index (χ0) is 3.58. The molecule has 0 aliphatic rings. The molecule has 0 aliphatic carbocycles. The first-order chi connectivity index (χ1) is 1.73. The summed E-state index contributed by atoms with van der Waals surface area (Å²) in [6.45, 7) is 0. The van der Waals surface area contributed by atoms with Gasteiger partial charge in [0.2, 0.25) is 0 Å². The predicted octanol–water partition coefficient (Wildman–Crippen LogP) is -4.50. The van der Waals surface area contributed by atoms with E-state index in [4.69, 9.17) is 14.1 Å². The van der Waals surface area contributed by atoms with Crippen LogP contribution in [0.15, 0.2) is 0 Å². The van der Waals surface area contributed by atoms with Gasteiger partial charge in [-0.15, -0.1) is 0 Å². The van der Waals surface area contributed by atoms with Crippen LogP contribution in [-0.4, -0.2) is 18.8 Å². The van der Waals surface area contributed by atoms with Gasteiger partial charge in [0.1, 0.15) is 0 Å². The normalized spacial score (nSPS) is 4.00. The fourth-order valence-corrected chi connectivity index (χ4v) is 0. The van der Waals surface area contributed by atoms with Gasteiger partial charge in [-0.05, 0) is 0 Å². The van der Waals surface area contributed by atoms with Crippen LogP contribution in [0.4, 0.5) is 0 Å². The molecule has 0 bridgehead atoms. The van der Waals surface area contributed by atoms with E-state index in [-0.39, 0.29) is 69.6 Å². The quantitative estimate of drug-likeness (QED) is 0.367. The van der Waals surface area contributed by atoms with E-state index in [9.17, 15) is 0 Å². The van der Waals surface area contributed by atoms with Crippen molar-refractivity contribution in [1.29, 1.82) is 0 Å². The Bertz CT molecular complexity index is 37.9. The summed E-state index contributed by atoms with van der Waals surface area (Å²) in [5.41, 5.74) is 0. The van der Waals surface area contributed by atoms with Crippen LogP contribution in [0.25, 0.3) is 0 Å². The van der Waals surface area contributed by atoms with E-state index in [1.165, 1.54) is 0 Å². The van der Waals surface area contributed by atoms with Gasteiger partial charge in [-0.1, -0.05) is 0 Å². The van der Waals surface area contributed by atoms with E-state index >= 15 is 0 Å². The van der Waals surface area contributed by atoms with Crippen LogP contribution < -0.4 is 51.4 Å². The molecular formula is H3CoKO3Si. The molecular weight excluding hydrogens is 174 g/mol. The third-order valence-corrected chi connectivity index (χ3v) is 0. The Morgan fingerprint density at radius 2 is 1.50 bits per heavy atom. The van der Waals surface area contributed by atoms with Crippen molar-refractivity contribution in [1.82, 2.24) is 0 Å². The monoisotopic (exact) mass is 177 g/mol. The average molecular weight is 177 g/mol. The van der Waals surface area contributed by atoms with Crippen LogP contribution >= 0.6 is 0 Å². The molecule has 0 heterocycles. The maximum atomic E-state index is 8.74. The van der Waals surface area contributed by atoms with Crippen LogP contribution in [0, 0.1) is 0 Å². The Labute approximate surface area is 91.1 Å². The van der Waals surface area contributed by atoms with Crippen molar-refractivity contribution in [3.05, 3.63) is 0 Å². The molecule has 0 amide bonds. The molecule has 0 saturated carbocycles. The molecule has 0 fully saturated rings. The van der Waals surface area contributed by atoms with Crippen LogP contribution in [-0.2, 0) is 21.2 Å². The van der Waals surface area contributed by atoms with Gasteiger partial charge < -0.3 is 11.0 Å². The largest absolute Gasteiger partial charge is 1.00 e. The molecule has 3 nitrogen and oxygen atoms in total. The van der Waals surface area contributed by atoms with Gasteiger partial charge in [-0.2, -0.15) is 0 Å². The molecule has 6 heteroatoms. The average Bonchev–Trinajstić information content (AvgIpc) is 0.811. The molecule has 0 aromatic heterocycles. The van der Waals surface area contributed by atoms with E-state index in [0.29, 0.717) is 0 Å².